The monoisotopic (exact) mass is 375 g/mol. The Kier molecular flexibility index (Phi) is 6.53. The van der Waals surface area contributed by atoms with E-state index < -0.39 is 11.8 Å². The summed E-state index contributed by atoms with van der Waals surface area (Å²) < 4.78 is 4.85. The van der Waals surface area contributed by atoms with Crippen LogP contribution in [0.5, 0.6) is 5.75 Å². The SMILES string of the molecule is COC(=O)C(C(=O)c1cc(C(C)(C)C)c(O)c(C(C)(C)C)c1)=C(C)N(C)C. The summed E-state index contributed by atoms with van der Waals surface area (Å²) in [7, 11) is 4.80. The summed E-state index contributed by atoms with van der Waals surface area (Å²) >= 11 is 0. The second kappa shape index (κ2) is 7.75. The Balaban J connectivity index is 3.82. The number of carbonyl (C=O) groups is 2. The molecule has 27 heavy (non-hydrogen) atoms. The van der Waals surface area contributed by atoms with Gasteiger partial charge in [-0.25, -0.2) is 4.79 Å². The second-order valence-corrected chi connectivity index (χ2v) is 9.10. The molecule has 0 aliphatic rings. The van der Waals surface area contributed by atoms with Crippen LogP contribution in [0.2, 0.25) is 0 Å². The van der Waals surface area contributed by atoms with Crippen molar-refractivity contribution >= 4 is 11.8 Å². The van der Waals surface area contributed by atoms with Crippen LogP contribution in [-0.4, -0.2) is 43.0 Å². The van der Waals surface area contributed by atoms with Crippen LogP contribution in [0.3, 0.4) is 0 Å². The van der Waals surface area contributed by atoms with E-state index in [1.807, 2.05) is 41.5 Å². The van der Waals surface area contributed by atoms with Crippen LogP contribution in [0.25, 0.3) is 0 Å². The van der Waals surface area contributed by atoms with Crippen molar-refractivity contribution in [2.24, 2.45) is 0 Å². The number of benzene rings is 1. The first-order chi connectivity index (χ1) is 12.1. The fourth-order valence-electron chi connectivity index (χ4n) is 2.78. The third-order valence-corrected chi connectivity index (χ3v) is 4.64. The van der Waals surface area contributed by atoms with E-state index in [2.05, 4.69) is 0 Å². The van der Waals surface area contributed by atoms with Crippen LogP contribution in [0.1, 0.15) is 70.0 Å². The van der Waals surface area contributed by atoms with Gasteiger partial charge in [0.25, 0.3) is 0 Å². The molecular weight excluding hydrogens is 342 g/mol. The van der Waals surface area contributed by atoms with Gasteiger partial charge in [-0.1, -0.05) is 41.5 Å². The highest BCUT2D eigenvalue weighted by Crippen LogP contribution is 2.40. The first-order valence-electron chi connectivity index (χ1n) is 9.02. The minimum Gasteiger partial charge on any atom is -0.507 e. The van der Waals surface area contributed by atoms with Gasteiger partial charge in [-0.3, -0.25) is 4.79 Å². The molecule has 1 N–H and O–H groups in total. The summed E-state index contributed by atoms with van der Waals surface area (Å²) in [6.07, 6.45) is 0. The topological polar surface area (TPSA) is 66.8 Å². The highest BCUT2D eigenvalue weighted by atomic mass is 16.5. The molecule has 0 spiro atoms. The van der Waals surface area contributed by atoms with E-state index in [0.29, 0.717) is 22.4 Å². The van der Waals surface area contributed by atoms with E-state index in [0.717, 1.165) is 0 Å². The summed E-state index contributed by atoms with van der Waals surface area (Å²) in [4.78, 5) is 27.3. The van der Waals surface area contributed by atoms with E-state index >= 15 is 0 Å². The largest absolute Gasteiger partial charge is 0.507 e. The smallest absolute Gasteiger partial charge is 0.343 e. The molecule has 0 saturated carbocycles. The lowest BCUT2D eigenvalue weighted by molar-refractivity contribution is -0.135. The molecule has 0 radical (unpaired) electrons. The van der Waals surface area contributed by atoms with Gasteiger partial charge in [0.2, 0.25) is 5.78 Å². The van der Waals surface area contributed by atoms with Crippen molar-refractivity contribution in [1.29, 1.82) is 0 Å². The Hall–Kier alpha value is -2.30. The first kappa shape index (κ1) is 22.7. The minimum absolute atomic E-state index is 0.00657. The van der Waals surface area contributed by atoms with E-state index in [-0.39, 0.29) is 22.2 Å². The number of aromatic hydroxyl groups is 1. The number of carbonyl (C=O) groups excluding carboxylic acids is 2. The third kappa shape index (κ3) is 4.90. The van der Waals surface area contributed by atoms with E-state index in [1.54, 1.807) is 38.1 Å². The molecule has 1 aromatic carbocycles. The number of phenolic OH excluding ortho intramolecular Hbond substituents is 1. The average molecular weight is 376 g/mol. The van der Waals surface area contributed by atoms with Crippen molar-refractivity contribution in [2.75, 3.05) is 21.2 Å². The number of phenols is 1. The maximum absolute atomic E-state index is 13.3. The van der Waals surface area contributed by atoms with E-state index in [9.17, 15) is 14.7 Å². The van der Waals surface area contributed by atoms with E-state index in [4.69, 9.17) is 4.74 Å². The number of ketones is 1. The summed E-state index contributed by atoms with van der Waals surface area (Å²) in [5.74, 6) is -0.891. The van der Waals surface area contributed by atoms with Gasteiger partial charge in [-0.2, -0.15) is 0 Å². The summed E-state index contributed by atoms with van der Waals surface area (Å²) in [5, 5.41) is 10.8. The number of methoxy groups -OCH3 is 1. The molecule has 5 heteroatoms. The lowest BCUT2D eigenvalue weighted by Crippen LogP contribution is -2.24. The lowest BCUT2D eigenvalue weighted by atomic mass is 9.77. The fourth-order valence-corrected chi connectivity index (χ4v) is 2.78. The zero-order chi connectivity index (χ0) is 21.3. The zero-order valence-corrected chi connectivity index (χ0v) is 18.3. The van der Waals surface area contributed by atoms with E-state index in [1.165, 1.54) is 7.11 Å². The van der Waals surface area contributed by atoms with Crippen LogP contribution in [0.15, 0.2) is 23.4 Å². The maximum atomic E-state index is 13.3. The predicted octanol–water partition coefficient (Wildman–Crippen LogP) is 4.18. The summed E-state index contributed by atoms with van der Waals surface area (Å²) in [5.41, 5.74) is 1.49. The van der Waals surface area contributed by atoms with Crippen molar-refractivity contribution in [3.63, 3.8) is 0 Å². The molecule has 0 heterocycles. The second-order valence-electron chi connectivity index (χ2n) is 9.10. The van der Waals surface area contributed by atoms with Crippen LogP contribution < -0.4 is 0 Å². The molecular formula is C22H33NO4. The van der Waals surface area contributed by atoms with Crippen LogP contribution >= 0.6 is 0 Å². The first-order valence-corrected chi connectivity index (χ1v) is 9.02. The molecule has 0 aromatic heterocycles. The average Bonchev–Trinajstić information content (AvgIpc) is 2.52. The van der Waals surface area contributed by atoms with Gasteiger partial charge in [0.1, 0.15) is 11.3 Å². The number of ether oxygens (including phenoxy) is 1. The van der Waals surface area contributed by atoms with Gasteiger partial charge >= 0.3 is 5.97 Å². The maximum Gasteiger partial charge on any atom is 0.343 e. The molecule has 0 unspecified atom stereocenters. The molecule has 0 aliphatic heterocycles. The number of hydrogen-bond donors (Lipinski definition) is 1. The van der Waals surface area contributed by atoms with Gasteiger partial charge in [0.05, 0.1) is 7.11 Å². The van der Waals surface area contributed by atoms with Crippen LogP contribution in [0.4, 0.5) is 0 Å². The van der Waals surface area contributed by atoms with Crippen LogP contribution in [-0.2, 0) is 20.4 Å². The molecule has 1 rings (SSSR count). The van der Waals surface area contributed by atoms with Gasteiger partial charge in [-0.05, 0) is 29.9 Å². The molecule has 0 bridgehead atoms. The highest BCUT2D eigenvalue weighted by Gasteiger charge is 2.31. The van der Waals surface area contributed by atoms with Crippen molar-refractivity contribution in [3.8, 4) is 5.75 Å². The van der Waals surface area contributed by atoms with Gasteiger partial charge < -0.3 is 14.7 Å². The van der Waals surface area contributed by atoms with Gasteiger partial charge in [-0.15, -0.1) is 0 Å². The standard InChI is InChI=1S/C22H33NO4/c1-13(23(8)9)17(20(26)27-10)18(24)14-11-15(21(2,3)4)19(25)16(12-14)22(5,6)7/h11-12,25H,1-10H3. The quantitative estimate of drug-likeness (QED) is 0.281. The Morgan fingerprint density at radius 2 is 1.37 bits per heavy atom. The molecule has 150 valence electrons. The molecule has 0 amide bonds. The number of hydrogen-bond acceptors (Lipinski definition) is 5. The highest BCUT2D eigenvalue weighted by molar-refractivity contribution is 6.24. The Morgan fingerprint density at radius 3 is 1.67 bits per heavy atom. The molecule has 0 saturated heterocycles. The van der Waals surface area contributed by atoms with Crippen molar-refractivity contribution < 1.29 is 19.4 Å². The van der Waals surface area contributed by atoms with Gasteiger partial charge in [0, 0.05) is 36.5 Å². The lowest BCUT2D eigenvalue weighted by Gasteiger charge is -2.28. The zero-order valence-electron chi connectivity index (χ0n) is 18.3. The molecule has 1 aromatic rings. The molecule has 0 fully saturated rings. The minimum atomic E-state index is -0.672. The number of rotatable bonds is 4. The molecule has 0 aliphatic carbocycles. The fraction of sp³-hybridized carbons (Fsp3) is 0.545. The Morgan fingerprint density at radius 1 is 0.963 bits per heavy atom. The number of Topliss-reactive ketones (excluding diaryl/α,β-unsaturated/α-hetero) is 1. The van der Waals surface area contributed by atoms with Gasteiger partial charge in [0.15, 0.2) is 0 Å². The van der Waals surface area contributed by atoms with Crippen molar-refractivity contribution in [2.45, 2.75) is 59.3 Å². The van der Waals surface area contributed by atoms with Crippen molar-refractivity contribution in [1.82, 2.24) is 4.90 Å². The normalized spacial score (nSPS) is 13.1. The Labute approximate surface area is 163 Å². The molecule has 0 atom stereocenters. The number of allylic oxidation sites excluding steroid dienone is 1. The number of nitrogens with zero attached hydrogens (tertiary/aromatic N) is 1. The summed E-state index contributed by atoms with van der Waals surface area (Å²) in [6.45, 7) is 13.6. The third-order valence-electron chi connectivity index (χ3n) is 4.64. The molecule has 5 nitrogen and oxygen atoms in total. The summed E-state index contributed by atoms with van der Waals surface area (Å²) in [6, 6.07) is 3.36. The Bertz CT molecular complexity index is 739. The predicted molar refractivity (Wildman–Crippen MR) is 108 cm³/mol. The van der Waals surface area contributed by atoms with Crippen molar-refractivity contribution in [3.05, 3.63) is 40.1 Å². The number of esters is 1. The van der Waals surface area contributed by atoms with Crippen LogP contribution in [0, 0.1) is 0 Å².